The summed E-state index contributed by atoms with van der Waals surface area (Å²) in [5.41, 5.74) is 0.517. The first-order valence-corrected chi connectivity index (χ1v) is 8.52. The van der Waals surface area contributed by atoms with Crippen LogP contribution in [0.15, 0.2) is 41.0 Å². The van der Waals surface area contributed by atoms with Crippen LogP contribution in [0.3, 0.4) is 0 Å². The Kier molecular flexibility index (Phi) is 5.66. The Hall–Kier alpha value is -1.69. The number of hydrogen-bond acceptors (Lipinski definition) is 3. The SMILES string of the molecule is O=C(Nc1ccc(Cl)cc1Cl)N(Cc1ccco1)CC1CCCO1. The van der Waals surface area contributed by atoms with E-state index in [0.29, 0.717) is 34.6 Å². The van der Waals surface area contributed by atoms with Crippen molar-refractivity contribution in [3.63, 3.8) is 0 Å². The van der Waals surface area contributed by atoms with Crippen LogP contribution in [0.1, 0.15) is 18.6 Å². The lowest BCUT2D eigenvalue weighted by molar-refractivity contribution is 0.0803. The minimum Gasteiger partial charge on any atom is -0.467 e. The van der Waals surface area contributed by atoms with E-state index in [1.807, 2.05) is 6.07 Å². The molecule has 1 fully saturated rings. The average Bonchev–Trinajstić information content (AvgIpc) is 3.23. The van der Waals surface area contributed by atoms with E-state index < -0.39 is 0 Å². The minimum atomic E-state index is -0.258. The topological polar surface area (TPSA) is 54.7 Å². The van der Waals surface area contributed by atoms with Crippen LogP contribution in [-0.2, 0) is 11.3 Å². The van der Waals surface area contributed by atoms with Crippen LogP contribution < -0.4 is 5.32 Å². The summed E-state index contributed by atoms with van der Waals surface area (Å²) in [6, 6.07) is 8.33. The Morgan fingerprint density at radius 1 is 1.33 bits per heavy atom. The molecule has 3 rings (SSSR count). The molecule has 5 nitrogen and oxygen atoms in total. The molecule has 1 aromatic heterocycles. The second kappa shape index (κ2) is 7.92. The predicted molar refractivity (Wildman–Crippen MR) is 93.6 cm³/mol. The Balaban J connectivity index is 1.71. The largest absolute Gasteiger partial charge is 0.467 e. The van der Waals surface area contributed by atoms with Crippen LogP contribution in [0, 0.1) is 0 Å². The van der Waals surface area contributed by atoms with Crippen molar-refractivity contribution in [2.24, 2.45) is 0 Å². The van der Waals surface area contributed by atoms with E-state index in [9.17, 15) is 4.79 Å². The normalized spacial score (nSPS) is 17.0. The van der Waals surface area contributed by atoms with Gasteiger partial charge in [-0.15, -0.1) is 0 Å². The van der Waals surface area contributed by atoms with Crippen LogP contribution in [-0.4, -0.2) is 30.2 Å². The van der Waals surface area contributed by atoms with E-state index in [4.69, 9.17) is 32.4 Å². The third-order valence-electron chi connectivity index (χ3n) is 3.83. The molecule has 1 N–H and O–H groups in total. The summed E-state index contributed by atoms with van der Waals surface area (Å²) in [5, 5.41) is 3.74. The molecule has 0 spiro atoms. The van der Waals surface area contributed by atoms with Crippen LogP contribution >= 0.6 is 23.2 Å². The van der Waals surface area contributed by atoms with Crippen molar-refractivity contribution in [1.82, 2.24) is 4.90 Å². The first kappa shape index (κ1) is 17.1. The highest BCUT2D eigenvalue weighted by Crippen LogP contribution is 2.26. The van der Waals surface area contributed by atoms with Gasteiger partial charge < -0.3 is 19.4 Å². The fraction of sp³-hybridized carbons (Fsp3) is 0.353. The summed E-state index contributed by atoms with van der Waals surface area (Å²) in [6.07, 6.45) is 3.60. The molecular formula is C17H18Cl2N2O3. The summed E-state index contributed by atoms with van der Waals surface area (Å²) in [4.78, 5) is 14.4. The number of hydrogen-bond donors (Lipinski definition) is 1. The molecule has 1 atom stereocenters. The van der Waals surface area contributed by atoms with Gasteiger partial charge in [0.15, 0.2) is 0 Å². The van der Waals surface area contributed by atoms with Gasteiger partial charge in [0.25, 0.3) is 0 Å². The van der Waals surface area contributed by atoms with Crippen molar-refractivity contribution in [3.05, 3.63) is 52.4 Å². The first-order valence-electron chi connectivity index (χ1n) is 7.77. The maximum absolute atomic E-state index is 12.7. The maximum atomic E-state index is 12.7. The van der Waals surface area contributed by atoms with E-state index in [0.717, 1.165) is 19.4 Å². The molecule has 0 aliphatic carbocycles. The molecule has 1 aromatic carbocycles. The number of benzene rings is 1. The quantitative estimate of drug-likeness (QED) is 0.824. The Morgan fingerprint density at radius 3 is 2.88 bits per heavy atom. The second-order valence-electron chi connectivity index (χ2n) is 5.65. The fourth-order valence-corrected chi connectivity index (χ4v) is 3.08. The lowest BCUT2D eigenvalue weighted by Crippen LogP contribution is -2.39. The van der Waals surface area contributed by atoms with Gasteiger partial charge in [-0.3, -0.25) is 0 Å². The number of nitrogens with zero attached hydrogens (tertiary/aromatic N) is 1. The lowest BCUT2D eigenvalue weighted by atomic mass is 10.2. The fourth-order valence-electron chi connectivity index (χ4n) is 2.63. The van der Waals surface area contributed by atoms with Crippen molar-refractivity contribution in [1.29, 1.82) is 0 Å². The molecule has 24 heavy (non-hydrogen) atoms. The van der Waals surface area contributed by atoms with Gasteiger partial charge in [0, 0.05) is 18.2 Å². The van der Waals surface area contributed by atoms with Gasteiger partial charge in [-0.2, -0.15) is 0 Å². The average molecular weight is 369 g/mol. The second-order valence-corrected chi connectivity index (χ2v) is 6.49. The van der Waals surface area contributed by atoms with Gasteiger partial charge in [0.2, 0.25) is 0 Å². The number of carbonyl (C=O) groups excluding carboxylic acids is 1. The van der Waals surface area contributed by atoms with E-state index in [-0.39, 0.29) is 12.1 Å². The number of urea groups is 1. The van der Waals surface area contributed by atoms with E-state index in [1.54, 1.807) is 35.4 Å². The highest BCUT2D eigenvalue weighted by Gasteiger charge is 2.24. The minimum absolute atomic E-state index is 0.0476. The summed E-state index contributed by atoms with van der Waals surface area (Å²) < 4.78 is 11.0. The number of anilines is 1. The van der Waals surface area contributed by atoms with Gasteiger partial charge in [-0.25, -0.2) is 4.79 Å². The molecule has 2 heterocycles. The zero-order valence-electron chi connectivity index (χ0n) is 13.0. The third kappa shape index (κ3) is 4.44. The van der Waals surface area contributed by atoms with Gasteiger partial charge in [-0.1, -0.05) is 23.2 Å². The van der Waals surface area contributed by atoms with Crippen LogP contribution in [0.4, 0.5) is 10.5 Å². The molecule has 1 unspecified atom stereocenters. The monoisotopic (exact) mass is 368 g/mol. The molecule has 1 saturated heterocycles. The van der Waals surface area contributed by atoms with Gasteiger partial charge in [0.05, 0.1) is 29.6 Å². The number of nitrogens with one attached hydrogen (secondary N) is 1. The number of furan rings is 1. The number of halogens is 2. The van der Waals surface area contributed by atoms with Crippen LogP contribution in [0.25, 0.3) is 0 Å². The highest BCUT2D eigenvalue weighted by atomic mass is 35.5. The number of carbonyl (C=O) groups is 1. The van der Waals surface area contributed by atoms with Crippen molar-refractivity contribution in [2.75, 3.05) is 18.5 Å². The maximum Gasteiger partial charge on any atom is 0.322 e. The first-order chi connectivity index (χ1) is 11.6. The smallest absolute Gasteiger partial charge is 0.322 e. The van der Waals surface area contributed by atoms with Crippen molar-refractivity contribution < 1.29 is 13.9 Å². The molecule has 2 amide bonds. The zero-order chi connectivity index (χ0) is 16.9. The number of rotatable bonds is 5. The van der Waals surface area contributed by atoms with Gasteiger partial charge in [-0.05, 0) is 43.2 Å². The molecule has 0 radical (unpaired) electrons. The molecule has 0 bridgehead atoms. The van der Waals surface area contributed by atoms with Gasteiger partial charge in [0.1, 0.15) is 5.76 Å². The molecular weight excluding hydrogens is 351 g/mol. The van der Waals surface area contributed by atoms with E-state index in [1.165, 1.54) is 0 Å². The Bertz CT molecular complexity index is 685. The van der Waals surface area contributed by atoms with Crippen molar-refractivity contribution >= 4 is 34.9 Å². The molecule has 128 valence electrons. The third-order valence-corrected chi connectivity index (χ3v) is 4.38. The molecule has 7 heteroatoms. The number of ether oxygens (including phenoxy) is 1. The van der Waals surface area contributed by atoms with Gasteiger partial charge >= 0.3 is 6.03 Å². The standard InChI is InChI=1S/C17H18Cl2N2O3/c18-12-5-6-16(15(19)9-12)20-17(22)21(10-13-3-1-7-23-13)11-14-4-2-8-24-14/h1,3,5-7,9,14H,2,4,8,10-11H2,(H,20,22). The molecule has 1 aliphatic rings. The summed E-state index contributed by atoms with van der Waals surface area (Å²) in [7, 11) is 0. The van der Waals surface area contributed by atoms with Crippen molar-refractivity contribution in [3.8, 4) is 0 Å². The van der Waals surface area contributed by atoms with Crippen LogP contribution in [0.2, 0.25) is 10.0 Å². The molecule has 2 aromatic rings. The van der Waals surface area contributed by atoms with Crippen molar-refractivity contribution in [2.45, 2.75) is 25.5 Å². The lowest BCUT2D eigenvalue weighted by Gasteiger charge is -2.25. The number of amides is 2. The van der Waals surface area contributed by atoms with Crippen LogP contribution in [0.5, 0.6) is 0 Å². The highest BCUT2D eigenvalue weighted by molar-refractivity contribution is 6.36. The summed E-state index contributed by atoms with van der Waals surface area (Å²) >= 11 is 12.0. The van der Waals surface area contributed by atoms with E-state index >= 15 is 0 Å². The predicted octanol–water partition coefficient (Wildman–Crippen LogP) is 4.80. The summed E-state index contributed by atoms with van der Waals surface area (Å²) in [6.45, 7) is 1.60. The molecule has 1 aliphatic heterocycles. The summed E-state index contributed by atoms with van der Waals surface area (Å²) in [5.74, 6) is 0.713. The Morgan fingerprint density at radius 2 is 2.21 bits per heavy atom. The van der Waals surface area contributed by atoms with E-state index in [2.05, 4.69) is 5.32 Å². The Labute approximate surface area is 150 Å². The zero-order valence-corrected chi connectivity index (χ0v) is 14.5. The molecule has 0 saturated carbocycles.